The van der Waals surface area contributed by atoms with Crippen LogP contribution in [0.15, 0.2) is 23.1 Å². The zero-order valence-electron chi connectivity index (χ0n) is 10.8. The van der Waals surface area contributed by atoms with Crippen LogP contribution in [0, 0.1) is 6.92 Å². The van der Waals surface area contributed by atoms with Crippen LogP contribution in [0.1, 0.15) is 5.56 Å². The van der Waals surface area contributed by atoms with Gasteiger partial charge in [-0.05, 0) is 30.7 Å². The van der Waals surface area contributed by atoms with Gasteiger partial charge >= 0.3 is 0 Å². The summed E-state index contributed by atoms with van der Waals surface area (Å²) in [4.78, 5) is 0.249. The number of nitrogen functional groups attached to an aromatic ring is 1. The van der Waals surface area contributed by atoms with E-state index in [4.69, 9.17) is 5.73 Å². The summed E-state index contributed by atoms with van der Waals surface area (Å²) in [5.74, 6) is 3.25. The Morgan fingerprint density at radius 1 is 1.37 bits per heavy atom. The fourth-order valence-electron chi connectivity index (χ4n) is 1.87. The first-order valence-electron chi connectivity index (χ1n) is 6.03. The predicted molar refractivity (Wildman–Crippen MR) is 84.4 cm³/mol. The number of hydrogen-bond donors (Lipinski definition) is 2. The Morgan fingerprint density at radius 3 is 2.79 bits per heavy atom. The normalized spacial score (nSPS) is 20.4. The van der Waals surface area contributed by atoms with Crippen molar-refractivity contribution in [1.82, 2.24) is 4.72 Å². The van der Waals surface area contributed by atoms with Crippen molar-refractivity contribution in [2.24, 2.45) is 0 Å². The van der Waals surface area contributed by atoms with E-state index in [0.717, 1.165) is 22.8 Å². The summed E-state index contributed by atoms with van der Waals surface area (Å²) in [5, 5.41) is 0.357. The van der Waals surface area contributed by atoms with Gasteiger partial charge in [-0.2, -0.15) is 23.5 Å². The fourth-order valence-corrected chi connectivity index (χ4v) is 5.81. The molecule has 0 bridgehead atoms. The molecule has 1 fully saturated rings. The second-order valence-corrected chi connectivity index (χ2v) is 8.82. The van der Waals surface area contributed by atoms with Gasteiger partial charge in [0.1, 0.15) is 0 Å². The fraction of sp³-hybridized carbons (Fsp3) is 0.500. The number of rotatable bonds is 4. The maximum Gasteiger partial charge on any atom is 0.240 e. The molecule has 0 aliphatic carbocycles. The Labute approximate surface area is 123 Å². The maximum absolute atomic E-state index is 12.2. The molecular weight excluding hydrogens is 300 g/mol. The number of aryl methyl sites for hydroxylation is 1. The van der Waals surface area contributed by atoms with E-state index >= 15 is 0 Å². The van der Waals surface area contributed by atoms with Crippen molar-refractivity contribution in [1.29, 1.82) is 0 Å². The third kappa shape index (κ3) is 4.30. The third-order valence-corrected chi connectivity index (χ3v) is 7.02. The van der Waals surface area contributed by atoms with Crippen LogP contribution in [0.3, 0.4) is 0 Å². The van der Waals surface area contributed by atoms with Crippen molar-refractivity contribution in [2.45, 2.75) is 17.1 Å². The van der Waals surface area contributed by atoms with Gasteiger partial charge in [0, 0.05) is 34.7 Å². The molecule has 19 heavy (non-hydrogen) atoms. The summed E-state index contributed by atoms with van der Waals surface area (Å²) in [7, 11) is -3.46. The second-order valence-electron chi connectivity index (χ2n) is 4.50. The van der Waals surface area contributed by atoms with Crippen LogP contribution in [0.2, 0.25) is 0 Å². The van der Waals surface area contributed by atoms with Gasteiger partial charge in [-0.1, -0.05) is 0 Å². The van der Waals surface area contributed by atoms with Crippen molar-refractivity contribution in [3.63, 3.8) is 0 Å². The number of sulfonamides is 1. The number of hydrogen-bond acceptors (Lipinski definition) is 5. The van der Waals surface area contributed by atoms with Gasteiger partial charge in [-0.15, -0.1) is 0 Å². The molecule has 4 nitrogen and oxygen atoms in total. The lowest BCUT2D eigenvalue weighted by atomic mass is 10.2. The number of thioether (sulfide) groups is 2. The van der Waals surface area contributed by atoms with E-state index in [1.54, 1.807) is 12.1 Å². The zero-order chi connectivity index (χ0) is 13.9. The van der Waals surface area contributed by atoms with Gasteiger partial charge in [0.15, 0.2) is 0 Å². The molecule has 2 rings (SSSR count). The molecule has 1 unspecified atom stereocenters. The molecule has 0 aromatic heterocycles. The van der Waals surface area contributed by atoms with E-state index in [1.807, 2.05) is 30.4 Å². The van der Waals surface area contributed by atoms with Gasteiger partial charge in [-0.25, -0.2) is 13.1 Å². The largest absolute Gasteiger partial charge is 0.399 e. The topological polar surface area (TPSA) is 72.2 Å². The molecule has 0 saturated carbocycles. The van der Waals surface area contributed by atoms with Crippen molar-refractivity contribution in [3.05, 3.63) is 23.8 Å². The third-order valence-electron chi connectivity index (χ3n) is 2.77. The standard InChI is InChI=1S/C12H18N2O2S3/c1-9-4-10(13)6-12(5-9)19(15,16)14-7-11-8-17-2-3-18-11/h4-6,11,14H,2-3,7-8,13H2,1H3. The Hall–Kier alpha value is -0.370. The molecule has 7 heteroatoms. The number of nitrogens with one attached hydrogen (secondary N) is 1. The molecule has 1 saturated heterocycles. The number of nitrogens with two attached hydrogens (primary N) is 1. The van der Waals surface area contributed by atoms with Crippen LogP contribution in [0.4, 0.5) is 5.69 Å². The summed E-state index contributed by atoms with van der Waals surface area (Å²) >= 11 is 3.71. The van der Waals surface area contributed by atoms with Crippen LogP contribution in [0.5, 0.6) is 0 Å². The van der Waals surface area contributed by atoms with Gasteiger partial charge in [0.05, 0.1) is 4.90 Å². The maximum atomic E-state index is 12.2. The monoisotopic (exact) mass is 318 g/mol. The van der Waals surface area contributed by atoms with Gasteiger partial charge in [0.25, 0.3) is 0 Å². The second kappa shape index (κ2) is 6.39. The average molecular weight is 318 g/mol. The minimum atomic E-state index is -3.46. The first-order chi connectivity index (χ1) is 8.97. The van der Waals surface area contributed by atoms with Crippen molar-refractivity contribution in [2.75, 3.05) is 29.5 Å². The molecule has 1 aromatic carbocycles. The first-order valence-corrected chi connectivity index (χ1v) is 9.72. The molecule has 1 atom stereocenters. The highest BCUT2D eigenvalue weighted by molar-refractivity contribution is 8.06. The van der Waals surface area contributed by atoms with E-state index in [1.165, 1.54) is 6.07 Å². The van der Waals surface area contributed by atoms with E-state index in [0.29, 0.717) is 17.5 Å². The van der Waals surface area contributed by atoms with Crippen molar-refractivity contribution >= 4 is 39.2 Å². The zero-order valence-corrected chi connectivity index (χ0v) is 13.2. The van der Waals surface area contributed by atoms with Crippen LogP contribution in [-0.4, -0.2) is 37.5 Å². The molecule has 1 heterocycles. The molecule has 106 valence electrons. The summed E-state index contributed by atoms with van der Waals surface area (Å²) < 4.78 is 27.1. The summed E-state index contributed by atoms with van der Waals surface area (Å²) in [6.45, 7) is 2.32. The Kier molecular flexibility index (Phi) is 5.05. The molecular formula is C12H18N2O2S3. The molecule has 1 aromatic rings. The summed E-state index contributed by atoms with van der Waals surface area (Å²) in [5.41, 5.74) is 7.02. The lowest BCUT2D eigenvalue weighted by molar-refractivity contribution is 0.581. The van der Waals surface area contributed by atoms with E-state index < -0.39 is 10.0 Å². The molecule has 3 N–H and O–H groups in total. The van der Waals surface area contributed by atoms with E-state index in [-0.39, 0.29) is 4.90 Å². The van der Waals surface area contributed by atoms with Crippen LogP contribution < -0.4 is 10.5 Å². The van der Waals surface area contributed by atoms with Gasteiger partial charge < -0.3 is 5.73 Å². The van der Waals surface area contributed by atoms with Crippen LogP contribution in [-0.2, 0) is 10.0 Å². The predicted octanol–water partition coefficient (Wildman–Crippen LogP) is 1.70. The smallest absolute Gasteiger partial charge is 0.240 e. The van der Waals surface area contributed by atoms with Crippen LogP contribution >= 0.6 is 23.5 Å². The number of anilines is 1. The molecule has 1 aliphatic heterocycles. The Balaban J connectivity index is 2.04. The lowest BCUT2D eigenvalue weighted by Gasteiger charge is -2.21. The lowest BCUT2D eigenvalue weighted by Crippen LogP contribution is -2.33. The first kappa shape index (κ1) is 15.0. The minimum Gasteiger partial charge on any atom is -0.399 e. The number of benzene rings is 1. The molecule has 0 spiro atoms. The van der Waals surface area contributed by atoms with E-state index in [2.05, 4.69) is 4.72 Å². The highest BCUT2D eigenvalue weighted by atomic mass is 32.2. The Bertz CT molecular complexity index is 520. The van der Waals surface area contributed by atoms with Crippen molar-refractivity contribution in [3.8, 4) is 0 Å². The SMILES string of the molecule is Cc1cc(N)cc(S(=O)(=O)NCC2CSCCS2)c1. The highest BCUT2D eigenvalue weighted by Crippen LogP contribution is 2.24. The highest BCUT2D eigenvalue weighted by Gasteiger charge is 2.19. The Morgan fingerprint density at radius 2 is 2.16 bits per heavy atom. The van der Waals surface area contributed by atoms with E-state index in [9.17, 15) is 8.42 Å². The molecule has 1 aliphatic rings. The molecule has 0 radical (unpaired) electrons. The van der Waals surface area contributed by atoms with Gasteiger partial charge in [-0.3, -0.25) is 0 Å². The molecule has 0 amide bonds. The summed E-state index contributed by atoms with van der Waals surface area (Å²) in [6, 6.07) is 4.90. The summed E-state index contributed by atoms with van der Waals surface area (Å²) in [6.07, 6.45) is 0. The van der Waals surface area contributed by atoms with Crippen LogP contribution in [0.25, 0.3) is 0 Å². The van der Waals surface area contributed by atoms with Gasteiger partial charge in [0.2, 0.25) is 10.0 Å². The minimum absolute atomic E-state index is 0.249. The quantitative estimate of drug-likeness (QED) is 0.827. The average Bonchev–Trinajstić information content (AvgIpc) is 2.37. The van der Waals surface area contributed by atoms with Crippen molar-refractivity contribution < 1.29 is 8.42 Å².